The summed E-state index contributed by atoms with van der Waals surface area (Å²) in [5.41, 5.74) is 7.82. The molecule has 3 rings (SSSR count). The highest BCUT2D eigenvalue weighted by atomic mass is 15.1. The predicted octanol–water partition coefficient (Wildman–Crippen LogP) is 5.55. The van der Waals surface area contributed by atoms with E-state index in [1.54, 1.807) is 0 Å². The Bertz CT molecular complexity index is 735. The van der Waals surface area contributed by atoms with Gasteiger partial charge in [-0.05, 0) is 42.7 Å². The van der Waals surface area contributed by atoms with E-state index in [2.05, 4.69) is 106 Å². The van der Waals surface area contributed by atoms with Crippen LogP contribution < -0.4 is 4.90 Å². The Hall–Kier alpha value is -2.54. The maximum absolute atomic E-state index is 2.25. The number of benzene rings is 3. The number of rotatable bonds is 4. The average Bonchev–Trinajstić information content (AvgIpc) is 2.59. The lowest BCUT2D eigenvalue weighted by atomic mass is 9.84. The van der Waals surface area contributed by atoms with Crippen LogP contribution in [0.1, 0.15) is 33.7 Å². The Balaban J connectivity index is 2.07. The van der Waals surface area contributed by atoms with Gasteiger partial charge in [0.05, 0.1) is 0 Å². The summed E-state index contributed by atoms with van der Waals surface area (Å²) in [7, 11) is 4.15. The SMILES string of the molecule is Cc1ccc(C(c2ccc(C)cc2)c2ccc(N(C)C)cc2)cc1. The van der Waals surface area contributed by atoms with Gasteiger partial charge in [-0.25, -0.2) is 0 Å². The third-order valence-electron chi connectivity index (χ3n) is 4.56. The Morgan fingerprint density at radius 2 is 0.875 bits per heavy atom. The number of hydrogen-bond acceptors (Lipinski definition) is 1. The lowest BCUT2D eigenvalue weighted by molar-refractivity contribution is 0.972. The Kier molecular flexibility index (Phi) is 4.71. The zero-order valence-corrected chi connectivity index (χ0v) is 15.0. The molecule has 3 aromatic rings. The van der Waals surface area contributed by atoms with Gasteiger partial charge in [-0.1, -0.05) is 71.8 Å². The molecule has 0 aromatic heterocycles. The largest absolute Gasteiger partial charge is 0.378 e. The van der Waals surface area contributed by atoms with Gasteiger partial charge in [0.2, 0.25) is 0 Å². The minimum absolute atomic E-state index is 0.266. The summed E-state index contributed by atoms with van der Waals surface area (Å²) in [6.45, 7) is 4.27. The lowest BCUT2D eigenvalue weighted by Gasteiger charge is -2.21. The summed E-state index contributed by atoms with van der Waals surface area (Å²) in [5, 5.41) is 0. The molecule has 0 N–H and O–H groups in total. The van der Waals surface area contributed by atoms with Gasteiger partial charge >= 0.3 is 0 Å². The highest BCUT2D eigenvalue weighted by molar-refractivity contribution is 5.51. The molecule has 0 atom stereocenters. The van der Waals surface area contributed by atoms with Crippen molar-refractivity contribution >= 4 is 5.69 Å². The molecule has 0 saturated heterocycles. The monoisotopic (exact) mass is 315 g/mol. The second-order valence-corrected chi connectivity index (χ2v) is 6.74. The fourth-order valence-electron chi connectivity index (χ4n) is 3.06. The van der Waals surface area contributed by atoms with E-state index in [9.17, 15) is 0 Å². The molecule has 0 fully saturated rings. The fraction of sp³-hybridized carbons (Fsp3) is 0.217. The molecule has 3 aromatic carbocycles. The van der Waals surface area contributed by atoms with Gasteiger partial charge < -0.3 is 4.90 Å². The van der Waals surface area contributed by atoms with Crippen LogP contribution >= 0.6 is 0 Å². The van der Waals surface area contributed by atoms with Crippen LogP contribution in [0.2, 0.25) is 0 Å². The van der Waals surface area contributed by atoms with Crippen LogP contribution in [0.4, 0.5) is 5.69 Å². The van der Waals surface area contributed by atoms with Crippen molar-refractivity contribution in [1.29, 1.82) is 0 Å². The van der Waals surface area contributed by atoms with Crippen LogP contribution in [0.15, 0.2) is 72.8 Å². The molecule has 0 amide bonds. The zero-order chi connectivity index (χ0) is 17.1. The first-order chi connectivity index (χ1) is 11.5. The summed E-state index contributed by atoms with van der Waals surface area (Å²) in [4.78, 5) is 2.14. The van der Waals surface area contributed by atoms with Crippen LogP contribution in [0.3, 0.4) is 0 Å². The molecule has 0 saturated carbocycles. The van der Waals surface area contributed by atoms with E-state index in [1.165, 1.54) is 33.5 Å². The van der Waals surface area contributed by atoms with Crippen molar-refractivity contribution in [3.8, 4) is 0 Å². The molecule has 0 unspecified atom stereocenters. The van der Waals surface area contributed by atoms with Gasteiger partial charge in [0.15, 0.2) is 0 Å². The van der Waals surface area contributed by atoms with E-state index < -0.39 is 0 Å². The molecule has 0 aliphatic carbocycles. The standard InChI is InChI=1S/C23H25N/c1-17-5-9-19(10-6-17)23(20-11-7-18(2)8-12-20)21-13-15-22(16-14-21)24(3)4/h5-16,23H,1-4H3. The molecule has 1 heteroatoms. The molecule has 0 aliphatic heterocycles. The minimum Gasteiger partial charge on any atom is -0.378 e. The van der Waals surface area contributed by atoms with Crippen molar-refractivity contribution in [2.45, 2.75) is 19.8 Å². The van der Waals surface area contributed by atoms with Gasteiger partial charge in [-0.15, -0.1) is 0 Å². The predicted molar refractivity (Wildman–Crippen MR) is 104 cm³/mol. The van der Waals surface area contributed by atoms with E-state index in [4.69, 9.17) is 0 Å². The molecule has 0 radical (unpaired) electrons. The van der Waals surface area contributed by atoms with Gasteiger partial charge in [-0.2, -0.15) is 0 Å². The summed E-state index contributed by atoms with van der Waals surface area (Å²) in [6, 6.07) is 26.7. The van der Waals surface area contributed by atoms with Crippen molar-refractivity contribution in [1.82, 2.24) is 0 Å². The molecule has 1 nitrogen and oxygen atoms in total. The van der Waals surface area contributed by atoms with Crippen molar-refractivity contribution in [3.05, 3.63) is 101 Å². The van der Waals surface area contributed by atoms with E-state index in [1.807, 2.05) is 0 Å². The van der Waals surface area contributed by atoms with Gasteiger partial charge in [0, 0.05) is 25.7 Å². The smallest absolute Gasteiger partial charge is 0.0361 e. The normalized spacial score (nSPS) is 10.9. The van der Waals surface area contributed by atoms with Crippen LogP contribution in [0.5, 0.6) is 0 Å². The van der Waals surface area contributed by atoms with E-state index in [0.29, 0.717) is 0 Å². The summed E-state index contributed by atoms with van der Waals surface area (Å²) >= 11 is 0. The summed E-state index contributed by atoms with van der Waals surface area (Å²) in [6.07, 6.45) is 0. The molecular weight excluding hydrogens is 290 g/mol. The summed E-state index contributed by atoms with van der Waals surface area (Å²) < 4.78 is 0. The Morgan fingerprint density at radius 1 is 0.542 bits per heavy atom. The summed E-state index contributed by atoms with van der Waals surface area (Å²) in [5.74, 6) is 0.266. The first-order valence-corrected chi connectivity index (χ1v) is 8.45. The molecule has 24 heavy (non-hydrogen) atoms. The quantitative estimate of drug-likeness (QED) is 0.571. The molecule has 0 aliphatic rings. The number of anilines is 1. The van der Waals surface area contributed by atoms with Crippen LogP contribution in [-0.2, 0) is 0 Å². The van der Waals surface area contributed by atoms with Crippen LogP contribution in [0.25, 0.3) is 0 Å². The average molecular weight is 315 g/mol. The van der Waals surface area contributed by atoms with Crippen molar-refractivity contribution in [2.24, 2.45) is 0 Å². The van der Waals surface area contributed by atoms with Crippen molar-refractivity contribution in [3.63, 3.8) is 0 Å². The van der Waals surface area contributed by atoms with Crippen molar-refractivity contribution < 1.29 is 0 Å². The topological polar surface area (TPSA) is 3.24 Å². The van der Waals surface area contributed by atoms with E-state index in [-0.39, 0.29) is 5.92 Å². The van der Waals surface area contributed by atoms with E-state index in [0.717, 1.165) is 0 Å². The minimum atomic E-state index is 0.266. The van der Waals surface area contributed by atoms with Crippen molar-refractivity contribution in [2.75, 3.05) is 19.0 Å². The van der Waals surface area contributed by atoms with Gasteiger partial charge in [-0.3, -0.25) is 0 Å². The lowest BCUT2D eigenvalue weighted by Crippen LogP contribution is -2.09. The molecule has 0 heterocycles. The second-order valence-electron chi connectivity index (χ2n) is 6.74. The number of aryl methyl sites for hydroxylation is 2. The zero-order valence-electron chi connectivity index (χ0n) is 15.0. The second kappa shape index (κ2) is 6.92. The van der Waals surface area contributed by atoms with Gasteiger partial charge in [0.25, 0.3) is 0 Å². The molecule has 0 spiro atoms. The third kappa shape index (κ3) is 3.51. The third-order valence-corrected chi connectivity index (χ3v) is 4.56. The number of hydrogen-bond donors (Lipinski definition) is 0. The molecule has 122 valence electrons. The van der Waals surface area contributed by atoms with Crippen LogP contribution in [-0.4, -0.2) is 14.1 Å². The van der Waals surface area contributed by atoms with E-state index >= 15 is 0 Å². The maximum atomic E-state index is 2.25. The van der Waals surface area contributed by atoms with Gasteiger partial charge in [0.1, 0.15) is 0 Å². The fourth-order valence-corrected chi connectivity index (χ4v) is 3.06. The first kappa shape index (κ1) is 16.3. The maximum Gasteiger partial charge on any atom is 0.0361 e. The van der Waals surface area contributed by atoms with Crippen LogP contribution in [0, 0.1) is 13.8 Å². The molecule has 0 bridgehead atoms. The Morgan fingerprint density at radius 3 is 1.21 bits per heavy atom. The molecular formula is C23H25N. The number of nitrogens with zero attached hydrogens (tertiary/aromatic N) is 1. The highest BCUT2D eigenvalue weighted by Crippen LogP contribution is 2.33. The Labute approximate surface area is 145 Å². The highest BCUT2D eigenvalue weighted by Gasteiger charge is 2.16. The first-order valence-electron chi connectivity index (χ1n) is 8.45.